The van der Waals surface area contributed by atoms with Crippen molar-refractivity contribution < 1.29 is 14.0 Å². The zero-order chi connectivity index (χ0) is 39.9. The summed E-state index contributed by atoms with van der Waals surface area (Å²) in [5.41, 5.74) is 5.78. The van der Waals surface area contributed by atoms with Crippen molar-refractivity contribution in [1.29, 1.82) is 10.5 Å². The van der Waals surface area contributed by atoms with Gasteiger partial charge in [-0.05, 0) is 151 Å². The van der Waals surface area contributed by atoms with E-state index in [-0.39, 0.29) is 67.4 Å². The van der Waals surface area contributed by atoms with E-state index in [2.05, 4.69) is 62.3 Å². The third-order valence-electron chi connectivity index (χ3n) is 12.7. The van der Waals surface area contributed by atoms with Gasteiger partial charge in [0.05, 0.1) is 12.1 Å². The molecule has 2 aliphatic carbocycles. The maximum absolute atomic E-state index is 13.8. The average Bonchev–Trinajstić information content (AvgIpc) is 3.20. The van der Waals surface area contributed by atoms with Crippen LogP contribution in [0.25, 0.3) is 0 Å². The van der Waals surface area contributed by atoms with Gasteiger partial charge in [-0.25, -0.2) is 4.39 Å². The molecule has 13 heteroatoms. The molecule has 6 rings (SSSR count). The fourth-order valence-electron chi connectivity index (χ4n) is 8.78. The molecule has 0 atom stereocenters. The lowest BCUT2D eigenvalue weighted by molar-refractivity contribution is -0.122. The van der Waals surface area contributed by atoms with Crippen LogP contribution in [0.1, 0.15) is 93.7 Å². The Morgan fingerprint density at radius 2 is 1.00 bits per heavy atom. The van der Waals surface area contributed by atoms with Crippen LogP contribution in [0.3, 0.4) is 0 Å². The number of aryl methyl sites for hydroxylation is 3. The maximum atomic E-state index is 13.8. The fourth-order valence-corrected chi connectivity index (χ4v) is 8.78. The van der Waals surface area contributed by atoms with Crippen LogP contribution in [0.4, 0.5) is 15.8 Å². The van der Waals surface area contributed by atoms with Gasteiger partial charge in [0.25, 0.3) is 0 Å². The number of piperazine rings is 2. The molecule has 0 radical (unpaired) electrons. The van der Waals surface area contributed by atoms with Gasteiger partial charge >= 0.3 is 0 Å². The molecule has 2 aromatic rings. The summed E-state index contributed by atoms with van der Waals surface area (Å²) in [6.45, 7) is 16.9. The Balaban J connectivity index is 0.000000300. The number of rotatable bonds is 12. The first-order valence-corrected chi connectivity index (χ1v) is 21.2. The van der Waals surface area contributed by atoms with E-state index >= 15 is 0 Å². The van der Waals surface area contributed by atoms with Crippen molar-refractivity contribution in [2.24, 2.45) is 11.8 Å². The number of carbonyl (C=O) groups is 2. The van der Waals surface area contributed by atoms with Crippen LogP contribution in [0, 0.1) is 61.1 Å². The van der Waals surface area contributed by atoms with Crippen LogP contribution >= 0.6 is 24.8 Å². The molecule has 320 valence electrons. The molecule has 2 saturated heterocycles. The highest BCUT2D eigenvalue weighted by atomic mass is 35.5. The predicted molar refractivity (Wildman–Crippen MR) is 236 cm³/mol. The standard InChI is InChI=1S/C23H34N4O.C22H31FN4O.2ClH/c1-18-3-8-22(17-19(18)2)27-15-13-26(14-16-27)12-10-20-4-6-21(7-5-20)25-23(28)9-11-24;1-17-2-7-20(16-21(17)23)27-14-12-26(13-15-27)11-9-18-3-5-19(6-4-18)25-22(28)8-10-24;;/h3,8,17,20-21H,4-7,9-10,12-16H2,1-2H3,(H,25,28);2,7,16,18-19H,3-6,8-9,11-15H2,1H3,(H,25,28);2*1H. The van der Waals surface area contributed by atoms with Crippen LogP contribution in [0.5, 0.6) is 0 Å². The van der Waals surface area contributed by atoms with Crippen molar-refractivity contribution in [3.8, 4) is 12.1 Å². The normalized spacial score (nSPS) is 22.4. The van der Waals surface area contributed by atoms with Gasteiger partial charge in [-0.2, -0.15) is 10.5 Å². The number of nitrogens with zero attached hydrogens (tertiary/aromatic N) is 6. The molecule has 4 aliphatic rings. The number of benzene rings is 2. The number of hydrogen-bond acceptors (Lipinski definition) is 8. The second kappa shape index (κ2) is 25.1. The summed E-state index contributed by atoms with van der Waals surface area (Å²) in [6.07, 6.45) is 11.3. The van der Waals surface area contributed by atoms with E-state index in [4.69, 9.17) is 10.5 Å². The third-order valence-corrected chi connectivity index (χ3v) is 12.7. The van der Waals surface area contributed by atoms with E-state index in [1.165, 1.54) is 49.0 Å². The third kappa shape index (κ3) is 15.5. The zero-order valence-electron chi connectivity index (χ0n) is 35.0. The molecular formula is C45H67Cl2FN8O2. The Labute approximate surface area is 359 Å². The summed E-state index contributed by atoms with van der Waals surface area (Å²) < 4.78 is 13.8. The van der Waals surface area contributed by atoms with Crippen molar-refractivity contribution in [3.63, 3.8) is 0 Å². The first kappa shape index (κ1) is 48.8. The number of hydrogen-bond donors (Lipinski definition) is 2. The first-order valence-electron chi connectivity index (χ1n) is 21.2. The Morgan fingerprint density at radius 3 is 1.38 bits per heavy atom. The Hall–Kier alpha value is -3.61. The maximum Gasteiger partial charge on any atom is 0.234 e. The highest BCUT2D eigenvalue weighted by Crippen LogP contribution is 2.29. The summed E-state index contributed by atoms with van der Waals surface area (Å²) in [5, 5.41) is 23.1. The molecule has 2 heterocycles. The molecule has 0 bridgehead atoms. The summed E-state index contributed by atoms with van der Waals surface area (Å²) in [7, 11) is 0. The highest BCUT2D eigenvalue weighted by molar-refractivity contribution is 5.85. The number of amides is 2. The average molecular weight is 842 g/mol. The minimum absolute atomic E-state index is 0. The SMILES string of the molecule is Cc1ccc(N2CCN(CCC3CCC(NC(=O)CC#N)CC3)CC2)cc1C.Cc1ccc(N2CCN(CCC3CCC(NC(=O)CC#N)CC3)CC2)cc1F.Cl.Cl. The summed E-state index contributed by atoms with van der Waals surface area (Å²) in [5.74, 6) is 1.12. The van der Waals surface area contributed by atoms with Gasteiger partial charge < -0.3 is 20.4 Å². The fraction of sp³-hybridized carbons (Fsp3) is 0.644. The van der Waals surface area contributed by atoms with Crippen molar-refractivity contribution in [2.45, 2.75) is 110 Å². The Bertz CT molecular complexity index is 1530. The number of halogens is 3. The monoisotopic (exact) mass is 840 g/mol. The summed E-state index contributed by atoms with van der Waals surface area (Å²) >= 11 is 0. The molecule has 0 unspecified atom stereocenters. The van der Waals surface area contributed by atoms with Crippen LogP contribution in [0.2, 0.25) is 0 Å². The van der Waals surface area contributed by atoms with Gasteiger partial charge in [0.2, 0.25) is 11.8 Å². The quantitative estimate of drug-likeness (QED) is 0.226. The van der Waals surface area contributed by atoms with Gasteiger partial charge in [0.15, 0.2) is 0 Å². The van der Waals surface area contributed by atoms with Crippen molar-refractivity contribution >= 4 is 48.0 Å². The van der Waals surface area contributed by atoms with Gasteiger partial charge in [-0.15, -0.1) is 24.8 Å². The minimum atomic E-state index is -0.141. The van der Waals surface area contributed by atoms with Crippen LogP contribution < -0.4 is 20.4 Å². The van der Waals surface area contributed by atoms with Gasteiger partial charge in [0.1, 0.15) is 18.7 Å². The van der Waals surface area contributed by atoms with Crippen LogP contribution in [0.15, 0.2) is 36.4 Å². The van der Waals surface area contributed by atoms with E-state index in [0.29, 0.717) is 5.56 Å². The molecule has 2 N–H and O–H groups in total. The molecule has 0 aromatic heterocycles. The Morgan fingerprint density at radius 1 is 0.603 bits per heavy atom. The number of nitrogens with one attached hydrogen (secondary N) is 2. The lowest BCUT2D eigenvalue weighted by Crippen LogP contribution is -2.47. The topological polar surface area (TPSA) is 119 Å². The van der Waals surface area contributed by atoms with Crippen LogP contribution in [-0.2, 0) is 9.59 Å². The largest absolute Gasteiger partial charge is 0.369 e. The first-order chi connectivity index (χ1) is 27.1. The van der Waals surface area contributed by atoms with Crippen LogP contribution in [-0.4, -0.2) is 99.1 Å². The molecule has 2 aliphatic heterocycles. The summed E-state index contributed by atoms with van der Waals surface area (Å²) in [4.78, 5) is 33.0. The van der Waals surface area contributed by atoms with E-state index in [0.717, 1.165) is 115 Å². The molecule has 2 amide bonds. The van der Waals surface area contributed by atoms with E-state index in [9.17, 15) is 14.0 Å². The van der Waals surface area contributed by atoms with Gasteiger partial charge in [-0.1, -0.05) is 12.1 Å². The zero-order valence-corrected chi connectivity index (χ0v) is 36.7. The lowest BCUT2D eigenvalue weighted by Gasteiger charge is -2.37. The smallest absolute Gasteiger partial charge is 0.234 e. The van der Waals surface area contributed by atoms with Gasteiger partial charge in [-0.3, -0.25) is 19.4 Å². The molecule has 0 spiro atoms. The van der Waals surface area contributed by atoms with Crippen molar-refractivity contribution in [3.05, 3.63) is 58.9 Å². The van der Waals surface area contributed by atoms with E-state index < -0.39 is 0 Å². The van der Waals surface area contributed by atoms with Crippen molar-refractivity contribution in [1.82, 2.24) is 20.4 Å². The summed E-state index contributed by atoms with van der Waals surface area (Å²) in [6, 6.07) is 16.7. The number of anilines is 2. The van der Waals surface area contributed by atoms with E-state index in [1.807, 2.05) is 24.3 Å². The molecular weight excluding hydrogens is 774 g/mol. The molecule has 58 heavy (non-hydrogen) atoms. The van der Waals surface area contributed by atoms with Crippen molar-refractivity contribution in [2.75, 3.05) is 75.2 Å². The molecule has 10 nitrogen and oxygen atoms in total. The Kier molecular flexibility index (Phi) is 21.1. The number of carbonyl (C=O) groups excluding carboxylic acids is 2. The second-order valence-corrected chi connectivity index (χ2v) is 16.7. The lowest BCUT2D eigenvalue weighted by atomic mass is 9.84. The highest BCUT2D eigenvalue weighted by Gasteiger charge is 2.26. The number of nitriles is 2. The van der Waals surface area contributed by atoms with Gasteiger partial charge in [0, 0.05) is 75.8 Å². The predicted octanol–water partition coefficient (Wildman–Crippen LogP) is 7.48. The molecule has 4 fully saturated rings. The second-order valence-electron chi connectivity index (χ2n) is 16.7. The molecule has 2 aromatic carbocycles. The van der Waals surface area contributed by atoms with E-state index in [1.54, 1.807) is 13.0 Å². The minimum Gasteiger partial charge on any atom is -0.369 e. The molecule has 2 saturated carbocycles.